The molecule has 162 valence electrons. The van der Waals surface area contributed by atoms with Crippen molar-refractivity contribution in [1.29, 1.82) is 0 Å². The lowest BCUT2D eigenvalue weighted by atomic mass is 10.1. The smallest absolute Gasteiger partial charge is 0.407 e. The molecule has 0 aliphatic carbocycles. The van der Waals surface area contributed by atoms with Crippen LogP contribution in [0.5, 0.6) is 11.5 Å². The van der Waals surface area contributed by atoms with Crippen molar-refractivity contribution in [2.24, 2.45) is 4.99 Å². The highest BCUT2D eigenvalue weighted by Gasteiger charge is 2.27. The van der Waals surface area contributed by atoms with Gasteiger partial charge in [-0.15, -0.1) is 24.0 Å². The fourth-order valence-corrected chi connectivity index (χ4v) is 3.29. The van der Waals surface area contributed by atoms with Crippen LogP contribution in [0.25, 0.3) is 0 Å². The number of nitrogens with one attached hydrogen (secondary N) is 2. The van der Waals surface area contributed by atoms with Crippen molar-refractivity contribution in [3.05, 3.63) is 23.8 Å². The number of alkyl carbamates (subject to hydrolysis) is 1. The Kier molecular flexibility index (Phi) is 8.23. The summed E-state index contributed by atoms with van der Waals surface area (Å²) in [7, 11) is 1.78. The van der Waals surface area contributed by atoms with Crippen molar-refractivity contribution >= 4 is 36.0 Å². The minimum absolute atomic E-state index is 0. The van der Waals surface area contributed by atoms with Crippen LogP contribution in [0.4, 0.5) is 4.79 Å². The molecule has 1 unspecified atom stereocenters. The first-order valence-corrected chi connectivity index (χ1v) is 9.68. The first-order valence-electron chi connectivity index (χ1n) is 9.68. The highest BCUT2D eigenvalue weighted by molar-refractivity contribution is 14.0. The van der Waals surface area contributed by atoms with Gasteiger partial charge in [-0.05, 0) is 51.3 Å². The van der Waals surface area contributed by atoms with E-state index in [9.17, 15) is 4.79 Å². The van der Waals surface area contributed by atoms with E-state index < -0.39 is 5.60 Å². The maximum absolute atomic E-state index is 12.0. The van der Waals surface area contributed by atoms with Crippen molar-refractivity contribution in [1.82, 2.24) is 15.5 Å². The number of carbonyl (C=O) groups is 1. The number of rotatable bonds is 4. The van der Waals surface area contributed by atoms with Crippen LogP contribution < -0.4 is 20.1 Å². The number of ether oxygens (including phenoxy) is 3. The summed E-state index contributed by atoms with van der Waals surface area (Å²) in [5.74, 6) is 2.44. The summed E-state index contributed by atoms with van der Waals surface area (Å²) in [5, 5.41) is 6.34. The molecule has 29 heavy (non-hydrogen) atoms. The molecule has 0 bridgehead atoms. The second kappa shape index (κ2) is 10.2. The van der Waals surface area contributed by atoms with Gasteiger partial charge in [-0.1, -0.05) is 6.07 Å². The van der Waals surface area contributed by atoms with E-state index in [1.54, 1.807) is 7.05 Å². The van der Waals surface area contributed by atoms with E-state index in [1.165, 1.54) is 5.56 Å². The van der Waals surface area contributed by atoms with Crippen LogP contribution in [0.3, 0.4) is 0 Å². The first-order chi connectivity index (χ1) is 13.3. The number of hydrogen-bond acceptors (Lipinski definition) is 5. The van der Waals surface area contributed by atoms with Crippen LogP contribution in [0, 0.1) is 0 Å². The lowest BCUT2D eigenvalue weighted by Crippen LogP contribution is -2.44. The van der Waals surface area contributed by atoms with E-state index in [2.05, 4.69) is 26.6 Å². The van der Waals surface area contributed by atoms with Crippen LogP contribution in [0.1, 0.15) is 32.8 Å². The number of amides is 1. The van der Waals surface area contributed by atoms with Crippen molar-refractivity contribution in [2.75, 3.05) is 33.5 Å². The fraction of sp³-hybridized carbons (Fsp3) is 0.600. The Morgan fingerprint density at radius 2 is 2.07 bits per heavy atom. The molecule has 2 aliphatic heterocycles. The molecule has 1 atom stereocenters. The second-order valence-electron chi connectivity index (χ2n) is 7.99. The largest absolute Gasteiger partial charge is 0.454 e. The van der Waals surface area contributed by atoms with Crippen molar-refractivity contribution in [2.45, 2.75) is 45.3 Å². The molecular weight excluding hydrogens is 487 g/mol. The Hall–Kier alpha value is -1.91. The van der Waals surface area contributed by atoms with Crippen LogP contribution >= 0.6 is 24.0 Å². The molecule has 1 fully saturated rings. The molecule has 1 amide bonds. The van der Waals surface area contributed by atoms with Crippen LogP contribution in [0.2, 0.25) is 0 Å². The van der Waals surface area contributed by atoms with E-state index >= 15 is 0 Å². The highest BCUT2D eigenvalue weighted by atomic mass is 127. The Balaban J connectivity index is 0.00000300. The zero-order chi connectivity index (χ0) is 20.1. The molecule has 2 aliphatic rings. The number of guanidine groups is 1. The van der Waals surface area contributed by atoms with Gasteiger partial charge in [0.25, 0.3) is 0 Å². The lowest BCUT2D eigenvalue weighted by Gasteiger charge is -2.23. The zero-order valence-corrected chi connectivity index (χ0v) is 19.8. The summed E-state index contributed by atoms with van der Waals surface area (Å²) in [6.07, 6.45) is 1.34. The molecule has 0 aromatic heterocycles. The van der Waals surface area contributed by atoms with Gasteiger partial charge in [0.2, 0.25) is 6.79 Å². The van der Waals surface area contributed by atoms with Crippen LogP contribution in [-0.4, -0.2) is 62.1 Å². The average molecular weight is 518 g/mol. The van der Waals surface area contributed by atoms with Gasteiger partial charge in [-0.3, -0.25) is 4.99 Å². The van der Waals surface area contributed by atoms with E-state index in [-0.39, 0.29) is 42.9 Å². The third kappa shape index (κ3) is 6.83. The Bertz CT molecular complexity index is 736. The van der Waals surface area contributed by atoms with Gasteiger partial charge in [-0.25, -0.2) is 4.79 Å². The summed E-state index contributed by atoms with van der Waals surface area (Å²) < 4.78 is 16.1. The van der Waals surface area contributed by atoms with E-state index in [0.29, 0.717) is 6.54 Å². The number of hydrogen-bond donors (Lipinski definition) is 2. The number of benzene rings is 1. The molecular formula is C20H31IN4O4. The topological polar surface area (TPSA) is 84.4 Å². The minimum Gasteiger partial charge on any atom is -0.454 e. The molecule has 3 rings (SSSR count). The minimum atomic E-state index is -0.491. The summed E-state index contributed by atoms with van der Waals surface area (Å²) >= 11 is 0. The van der Waals surface area contributed by atoms with Gasteiger partial charge in [0.05, 0.1) is 6.04 Å². The van der Waals surface area contributed by atoms with Crippen molar-refractivity contribution < 1.29 is 19.0 Å². The number of nitrogens with zero attached hydrogens (tertiary/aromatic N) is 2. The monoisotopic (exact) mass is 518 g/mol. The maximum atomic E-state index is 12.0. The Morgan fingerprint density at radius 1 is 1.31 bits per heavy atom. The SMILES string of the molecule is CN=C(NCCc1ccc2c(c1)OCO2)N1CCC(NC(=O)OC(C)(C)C)C1.I. The standard InChI is InChI=1S/C20H30N4O4.HI/c1-20(2,3)28-19(25)23-15-8-10-24(12-15)18(21-4)22-9-7-14-5-6-16-17(11-14)27-13-26-16;/h5-6,11,15H,7-10,12-13H2,1-4H3,(H,21,22)(H,23,25);1H. The van der Waals surface area contributed by atoms with Gasteiger partial charge >= 0.3 is 6.09 Å². The van der Waals surface area contributed by atoms with E-state index in [1.807, 2.05) is 32.9 Å². The van der Waals surface area contributed by atoms with E-state index in [0.717, 1.165) is 43.4 Å². The summed E-state index contributed by atoms with van der Waals surface area (Å²) in [6, 6.07) is 6.07. The summed E-state index contributed by atoms with van der Waals surface area (Å²) in [4.78, 5) is 18.5. The first kappa shape index (κ1) is 23.4. The number of fused-ring (bicyclic) bond motifs is 1. The molecule has 1 aromatic rings. The maximum Gasteiger partial charge on any atom is 0.407 e. The molecule has 2 heterocycles. The molecule has 0 radical (unpaired) electrons. The van der Waals surface area contributed by atoms with E-state index in [4.69, 9.17) is 14.2 Å². The molecule has 2 N–H and O–H groups in total. The van der Waals surface area contributed by atoms with Crippen molar-refractivity contribution in [3.63, 3.8) is 0 Å². The van der Waals surface area contributed by atoms with Gasteiger partial charge in [0, 0.05) is 26.7 Å². The summed E-state index contributed by atoms with van der Waals surface area (Å²) in [6.45, 7) is 8.18. The molecule has 1 aromatic carbocycles. The van der Waals surface area contributed by atoms with Gasteiger partial charge in [-0.2, -0.15) is 0 Å². The highest BCUT2D eigenvalue weighted by Crippen LogP contribution is 2.32. The van der Waals surface area contributed by atoms with Gasteiger partial charge < -0.3 is 29.7 Å². The third-order valence-electron chi connectivity index (χ3n) is 4.55. The quantitative estimate of drug-likeness (QED) is 0.363. The Labute approximate surface area is 189 Å². The summed E-state index contributed by atoms with van der Waals surface area (Å²) in [5.41, 5.74) is 0.687. The number of halogens is 1. The predicted octanol–water partition coefficient (Wildman–Crippen LogP) is 2.75. The molecule has 0 saturated carbocycles. The zero-order valence-electron chi connectivity index (χ0n) is 17.5. The Morgan fingerprint density at radius 3 is 2.79 bits per heavy atom. The number of likely N-dealkylation sites (tertiary alicyclic amines) is 1. The lowest BCUT2D eigenvalue weighted by molar-refractivity contribution is 0.0507. The third-order valence-corrected chi connectivity index (χ3v) is 4.55. The molecule has 8 nitrogen and oxygen atoms in total. The molecule has 0 spiro atoms. The fourth-order valence-electron chi connectivity index (χ4n) is 3.29. The van der Waals surface area contributed by atoms with Gasteiger partial charge in [0.15, 0.2) is 17.5 Å². The average Bonchev–Trinajstić information content (AvgIpc) is 3.25. The van der Waals surface area contributed by atoms with Crippen LogP contribution in [-0.2, 0) is 11.2 Å². The normalized spacial score (nSPS) is 18.3. The molecule has 1 saturated heterocycles. The molecule has 9 heteroatoms. The van der Waals surface area contributed by atoms with Gasteiger partial charge in [0.1, 0.15) is 5.60 Å². The van der Waals surface area contributed by atoms with Crippen molar-refractivity contribution in [3.8, 4) is 11.5 Å². The second-order valence-corrected chi connectivity index (χ2v) is 7.99. The van der Waals surface area contributed by atoms with Crippen LogP contribution in [0.15, 0.2) is 23.2 Å². The predicted molar refractivity (Wildman–Crippen MR) is 122 cm³/mol. The number of carbonyl (C=O) groups excluding carboxylic acids is 1. The number of aliphatic imine (C=N–C) groups is 1.